The fourth-order valence-corrected chi connectivity index (χ4v) is 2.30. The molecule has 0 bridgehead atoms. The number of aryl methyl sites for hydroxylation is 1. The van der Waals surface area contributed by atoms with Gasteiger partial charge in [0.25, 0.3) is 5.91 Å². The molecule has 0 N–H and O–H groups in total. The maximum Gasteiger partial charge on any atom is 0.276 e. The first-order valence-corrected chi connectivity index (χ1v) is 6.02. The molecule has 0 aliphatic carbocycles. The van der Waals surface area contributed by atoms with E-state index in [1.807, 2.05) is 18.2 Å². The number of fused-ring (bicyclic) bond motifs is 1. The zero-order valence-electron chi connectivity index (χ0n) is 9.91. The van der Waals surface area contributed by atoms with E-state index in [4.69, 9.17) is 0 Å². The highest BCUT2D eigenvalue weighted by Gasteiger charge is 2.23. The highest BCUT2D eigenvalue weighted by Crippen LogP contribution is 2.27. The van der Waals surface area contributed by atoms with Crippen LogP contribution in [0.1, 0.15) is 22.5 Å². The molecule has 0 unspecified atom stereocenters. The van der Waals surface area contributed by atoms with Gasteiger partial charge in [-0.25, -0.2) is 9.97 Å². The van der Waals surface area contributed by atoms with Gasteiger partial charge in [-0.15, -0.1) is 0 Å². The molecule has 0 atom stereocenters. The zero-order valence-corrected chi connectivity index (χ0v) is 9.91. The molecule has 1 aromatic carbocycles. The SMILES string of the molecule is O=C(c1ccncn1)N1CCCc2ccccc21. The van der Waals surface area contributed by atoms with Crippen molar-refractivity contribution in [3.63, 3.8) is 0 Å². The van der Waals surface area contributed by atoms with Gasteiger partial charge in [0, 0.05) is 18.4 Å². The first kappa shape index (κ1) is 10.9. The molecule has 0 spiro atoms. The Balaban J connectivity index is 1.97. The predicted molar refractivity (Wildman–Crippen MR) is 68.5 cm³/mol. The summed E-state index contributed by atoms with van der Waals surface area (Å²) in [5, 5.41) is 0. The van der Waals surface area contributed by atoms with Gasteiger partial charge in [-0.2, -0.15) is 0 Å². The average Bonchev–Trinajstić information content (AvgIpc) is 2.47. The molecule has 1 aliphatic rings. The molecule has 2 heterocycles. The van der Waals surface area contributed by atoms with Gasteiger partial charge in [0.2, 0.25) is 0 Å². The minimum absolute atomic E-state index is 0.0513. The maximum atomic E-state index is 12.4. The summed E-state index contributed by atoms with van der Waals surface area (Å²) >= 11 is 0. The lowest BCUT2D eigenvalue weighted by Crippen LogP contribution is -2.35. The van der Waals surface area contributed by atoms with Gasteiger partial charge >= 0.3 is 0 Å². The zero-order chi connectivity index (χ0) is 12.4. The van der Waals surface area contributed by atoms with E-state index >= 15 is 0 Å². The van der Waals surface area contributed by atoms with Crippen LogP contribution >= 0.6 is 0 Å². The van der Waals surface area contributed by atoms with E-state index in [0.717, 1.165) is 25.1 Å². The summed E-state index contributed by atoms with van der Waals surface area (Å²) < 4.78 is 0. The highest BCUT2D eigenvalue weighted by atomic mass is 16.2. The number of rotatable bonds is 1. The lowest BCUT2D eigenvalue weighted by atomic mass is 10.0. The Morgan fingerprint density at radius 2 is 2.11 bits per heavy atom. The molecule has 1 aromatic heterocycles. The molecule has 0 fully saturated rings. The number of anilines is 1. The predicted octanol–water partition coefficient (Wildman–Crippen LogP) is 2.07. The van der Waals surface area contributed by atoms with E-state index in [-0.39, 0.29) is 5.91 Å². The van der Waals surface area contributed by atoms with Crippen molar-refractivity contribution in [2.24, 2.45) is 0 Å². The molecular formula is C14H13N3O. The van der Waals surface area contributed by atoms with E-state index < -0.39 is 0 Å². The Morgan fingerprint density at radius 3 is 2.94 bits per heavy atom. The number of hydrogen-bond acceptors (Lipinski definition) is 3. The van der Waals surface area contributed by atoms with Crippen molar-refractivity contribution in [1.29, 1.82) is 0 Å². The second-order valence-electron chi connectivity index (χ2n) is 4.28. The van der Waals surface area contributed by atoms with Crippen LogP contribution in [-0.2, 0) is 6.42 Å². The van der Waals surface area contributed by atoms with Crippen LogP contribution in [-0.4, -0.2) is 22.4 Å². The minimum Gasteiger partial charge on any atom is -0.307 e. The molecule has 0 radical (unpaired) electrons. The number of benzene rings is 1. The Bertz CT molecular complexity index is 568. The molecule has 18 heavy (non-hydrogen) atoms. The van der Waals surface area contributed by atoms with Gasteiger partial charge in [0.1, 0.15) is 12.0 Å². The minimum atomic E-state index is -0.0513. The third-order valence-corrected chi connectivity index (χ3v) is 3.16. The Morgan fingerprint density at radius 1 is 1.22 bits per heavy atom. The molecule has 0 saturated heterocycles. The molecule has 4 nitrogen and oxygen atoms in total. The second-order valence-corrected chi connectivity index (χ2v) is 4.28. The summed E-state index contributed by atoms with van der Waals surface area (Å²) in [6.07, 6.45) is 5.02. The molecule has 3 rings (SSSR count). The molecule has 0 saturated carbocycles. The molecule has 2 aromatic rings. The van der Waals surface area contributed by atoms with Crippen LogP contribution in [0.15, 0.2) is 42.9 Å². The molecular weight excluding hydrogens is 226 g/mol. The summed E-state index contributed by atoms with van der Waals surface area (Å²) in [4.78, 5) is 22.1. The Labute approximate surface area is 105 Å². The quantitative estimate of drug-likeness (QED) is 0.765. The topological polar surface area (TPSA) is 46.1 Å². The van der Waals surface area contributed by atoms with Crippen molar-refractivity contribution < 1.29 is 4.79 Å². The summed E-state index contributed by atoms with van der Waals surface area (Å²) in [6, 6.07) is 9.70. The lowest BCUT2D eigenvalue weighted by Gasteiger charge is -2.29. The summed E-state index contributed by atoms with van der Waals surface area (Å²) in [5.41, 5.74) is 2.68. The van der Waals surface area contributed by atoms with Crippen molar-refractivity contribution in [2.75, 3.05) is 11.4 Å². The number of carbonyl (C=O) groups excluding carboxylic acids is 1. The summed E-state index contributed by atoms with van der Waals surface area (Å²) in [5.74, 6) is -0.0513. The van der Waals surface area contributed by atoms with E-state index in [0.29, 0.717) is 5.69 Å². The monoisotopic (exact) mass is 239 g/mol. The molecule has 1 amide bonds. The van der Waals surface area contributed by atoms with Crippen molar-refractivity contribution in [1.82, 2.24) is 9.97 Å². The number of nitrogens with zero attached hydrogens (tertiary/aromatic N) is 3. The number of aromatic nitrogens is 2. The van der Waals surface area contributed by atoms with Crippen LogP contribution in [0.3, 0.4) is 0 Å². The van der Waals surface area contributed by atoms with Crippen molar-refractivity contribution in [3.05, 3.63) is 54.1 Å². The molecule has 4 heteroatoms. The largest absolute Gasteiger partial charge is 0.307 e. The Kier molecular flexibility index (Phi) is 2.76. The fourth-order valence-electron chi connectivity index (χ4n) is 2.30. The van der Waals surface area contributed by atoms with Gasteiger partial charge in [0.05, 0.1) is 0 Å². The average molecular weight is 239 g/mol. The second kappa shape index (κ2) is 4.56. The maximum absolute atomic E-state index is 12.4. The van der Waals surface area contributed by atoms with Gasteiger partial charge in [-0.1, -0.05) is 18.2 Å². The van der Waals surface area contributed by atoms with Crippen molar-refractivity contribution in [2.45, 2.75) is 12.8 Å². The normalized spacial score (nSPS) is 14.1. The van der Waals surface area contributed by atoms with Crippen LogP contribution in [0.4, 0.5) is 5.69 Å². The number of hydrogen-bond donors (Lipinski definition) is 0. The summed E-state index contributed by atoms with van der Waals surface area (Å²) in [6.45, 7) is 0.750. The van der Waals surface area contributed by atoms with Crippen molar-refractivity contribution >= 4 is 11.6 Å². The fraction of sp³-hybridized carbons (Fsp3) is 0.214. The summed E-state index contributed by atoms with van der Waals surface area (Å²) in [7, 11) is 0. The smallest absolute Gasteiger partial charge is 0.276 e. The Hall–Kier alpha value is -2.23. The third-order valence-electron chi connectivity index (χ3n) is 3.16. The highest BCUT2D eigenvalue weighted by molar-refractivity contribution is 6.05. The van der Waals surface area contributed by atoms with Gasteiger partial charge in [-0.3, -0.25) is 4.79 Å². The van der Waals surface area contributed by atoms with Crippen LogP contribution < -0.4 is 4.90 Å². The van der Waals surface area contributed by atoms with E-state index in [9.17, 15) is 4.79 Å². The van der Waals surface area contributed by atoms with Crippen LogP contribution in [0.2, 0.25) is 0 Å². The van der Waals surface area contributed by atoms with Gasteiger partial charge < -0.3 is 4.90 Å². The van der Waals surface area contributed by atoms with E-state index in [2.05, 4.69) is 16.0 Å². The van der Waals surface area contributed by atoms with Crippen LogP contribution in [0, 0.1) is 0 Å². The standard InChI is InChI=1S/C14H13N3O/c18-14(12-7-8-15-10-16-12)17-9-3-5-11-4-1-2-6-13(11)17/h1-2,4,6-8,10H,3,5,9H2. The first-order chi connectivity index (χ1) is 8.86. The molecule has 1 aliphatic heterocycles. The van der Waals surface area contributed by atoms with Crippen LogP contribution in [0.25, 0.3) is 0 Å². The van der Waals surface area contributed by atoms with Gasteiger partial charge in [-0.05, 0) is 30.5 Å². The number of carbonyl (C=O) groups is 1. The van der Waals surface area contributed by atoms with E-state index in [1.54, 1.807) is 17.2 Å². The lowest BCUT2D eigenvalue weighted by molar-refractivity contribution is 0.0980. The molecule has 90 valence electrons. The first-order valence-electron chi connectivity index (χ1n) is 6.02. The number of amides is 1. The van der Waals surface area contributed by atoms with Crippen LogP contribution in [0.5, 0.6) is 0 Å². The van der Waals surface area contributed by atoms with Gasteiger partial charge in [0.15, 0.2) is 0 Å². The number of para-hydroxylation sites is 1. The van der Waals surface area contributed by atoms with Crippen molar-refractivity contribution in [3.8, 4) is 0 Å². The van der Waals surface area contributed by atoms with E-state index in [1.165, 1.54) is 11.9 Å². The third kappa shape index (κ3) is 1.86.